The largest absolute Gasteiger partial charge is 0.494 e. The smallest absolute Gasteiger partial charge is 0.247 e. The van der Waals surface area contributed by atoms with Crippen LogP contribution in [-0.4, -0.2) is 85.5 Å². The quantitative estimate of drug-likeness (QED) is 0.244. The lowest BCUT2D eigenvalue weighted by molar-refractivity contribution is -0.111. The predicted octanol–water partition coefficient (Wildman–Crippen LogP) is 6.10. The summed E-state index contributed by atoms with van der Waals surface area (Å²) in [5.41, 5.74) is 3.15. The standard InChI is InChI=1S/C34H41Cl2N7O4/c1-4-33(44)40-27-17-28(30(45-3)18-29(27)41-11-8-24(9-12-41)42-13-15-46-22(2)20-42)39-31-19-32(38-21-37-31)43-25(10-14-47-43)16-23-6-5-7-26(35)34(23)36/h4-7,17-19,21-22,24-25H,1,8-16,20H2,2-3H3,(H,40,44)(H,37,38,39). The van der Waals surface area contributed by atoms with Crippen LogP contribution in [0.5, 0.6) is 5.75 Å². The molecule has 3 fully saturated rings. The van der Waals surface area contributed by atoms with Gasteiger partial charge in [-0.15, -0.1) is 0 Å². The number of morpholine rings is 1. The van der Waals surface area contributed by atoms with Crippen LogP contribution in [0.15, 0.2) is 55.4 Å². The average Bonchev–Trinajstić information content (AvgIpc) is 3.55. The fourth-order valence-corrected chi connectivity index (χ4v) is 7.01. The zero-order valence-corrected chi connectivity index (χ0v) is 28.3. The summed E-state index contributed by atoms with van der Waals surface area (Å²) < 4.78 is 11.6. The summed E-state index contributed by atoms with van der Waals surface area (Å²) in [6, 6.07) is 11.8. The fourth-order valence-electron chi connectivity index (χ4n) is 6.61. The molecule has 250 valence electrons. The van der Waals surface area contributed by atoms with Gasteiger partial charge in [0.1, 0.15) is 17.9 Å². The van der Waals surface area contributed by atoms with Crippen molar-refractivity contribution in [2.75, 3.05) is 67.1 Å². The first-order valence-electron chi connectivity index (χ1n) is 16.0. The maximum atomic E-state index is 12.5. The van der Waals surface area contributed by atoms with Crippen LogP contribution >= 0.6 is 23.2 Å². The molecule has 2 aromatic carbocycles. The van der Waals surface area contributed by atoms with Crippen LogP contribution in [0.1, 0.15) is 31.7 Å². The lowest BCUT2D eigenvalue weighted by atomic mass is 10.0. The molecule has 2 unspecified atom stereocenters. The number of carbonyl (C=O) groups excluding carboxylic acids is 1. The Bertz CT molecular complexity index is 1590. The molecule has 6 rings (SSSR count). The van der Waals surface area contributed by atoms with Crippen LogP contribution in [-0.2, 0) is 20.8 Å². The molecular formula is C34H41Cl2N7O4. The highest BCUT2D eigenvalue weighted by atomic mass is 35.5. The molecule has 0 radical (unpaired) electrons. The lowest BCUT2D eigenvalue weighted by Crippen LogP contribution is -2.51. The third-order valence-electron chi connectivity index (χ3n) is 9.00. The number of nitrogens with zero attached hydrogens (tertiary/aromatic N) is 5. The van der Waals surface area contributed by atoms with E-state index in [-0.39, 0.29) is 18.1 Å². The highest BCUT2D eigenvalue weighted by Gasteiger charge is 2.31. The van der Waals surface area contributed by atoms with E-state index in [4.69, 9.17) is 37.5 Å². The first kappa shape index (κ1) is 33.3. The van der Waals surface area contributed by atoms with Gasteiger partial charge in [0.25, 0.3) is 0 Å². The van der Waals surface area contributed by atoms with E-state index < -0.39 is 0 Å². The second-order valence-corrected chi connectivity index (χ2v) is 12.8. The number of amides is 1. The van der Waals surface area contributed by atoms with Gasteiger partial charge in [-0.05, 0) is 56.4 Å². The number of benzene rings is 2. The molecule has 0 bridgehead atoms. The Morgan fingerprint density at radius 2 is 1.94 bits per heavy atom. The molecule has 2 N–H and O–H groups in total. The zero-order chi connectivity index (χ0) is 32.9. The molecule has 3 aromatic rings. The average molecular weight is 683 g/mol. The van der Waals surface area contributed by atoms with Gasteiger partial charge in [0, 0.05) is 44.4 Å². The van der Waals surface area contributed by atoms with E-state index in [0.29, 0.717) is 57.9 Å². The summed E-state index contributed by atoms with van der Waals surface area (Å²) >= 11 is 12.8. The van der Waals surface area contributed by atoms with Gasteiger partial charge in [0.15, 0.2) is 5.82 Å². The van der Waals surface area contributed by atoms with Crippen molar-refractivity contribution in [2.45, 2.75) is 50.8 Å². The second-order valence-electron chi connectivity index (χ2n) is 12.1. The van der Waals surface area contributed by atoms with Crippen LogP contribution < -0.4 is 25.3 Å². The third kappa shape index (κ3) is 7.76. The van der Waals surface area contributed by atoms with E-state index in [0.717, 1.165) is 63.3 Å². The molecule has 4 heterocycles. The van der Waals surface area contributed by atoms with E-state index in [9.17, 15) is 4.79 Å². The molecule has 3 aliphatic heterocycles. The summed E-state index contributed by atoms with van der Waals surface area (Å²) in [6.45, 7) is 10.8. The Hall–Kier alpha value is -3.61. The van der Waals surface area contributed by atoms with Gasteiger partial charge in [0.05, 0.1) is 59.6 Å². The Balaban J connectivity index is 1.21. The van der Waals surface area contributed by atoms with Crippen molar-refractivity contribution in [3.05, 3.63) is 71.0 Å². The summed E-state index contributed by atoms with van der Waals surface area (Å²) in [5, 5.41) is 9.27. The summed E-state index contributed by atoms with van der Waals surface area (Å²) in [5.74, 6) is 1.47. The van der Waals surface area contributed by atoms with E-state index in [1.807, 2.05) is 30.3 Å². The van der Waals surface area contributed by atoms with Gasteiger partial charge < -0.3 is 25.0 Å². The number of methoxy groups -OCH3 is 1. The number of anilines is 5. The molecule has 47 heavy (non-hydrogen) atoms. The maximum Gasteiger partial charge on any atom is 0.247 e. The number of ether oxygens (including phenoxy) is 2. The highest BCUT2D eigenvalue weighted by Crippen LogP contribution is 2.40. The van der Waals surface area contributed by atoms with Crippen molar-refractivity contribution in [1.82, 2.24) is 14.9 Å². The molecule has 1 aromatic heterocycles. The number of nitrogens with one attached hydrogen (secondary N) is 2. The zero-order valence-electron chi connectivity index (χ0n) is 26.8. The monoisotopic (exact) mass is 681 g/mol. The SMILES string of the molecule is C=CC(=O)Nc1cc(Nc2cc(N3OCCC3Cc3cccc(Cl)c3Cl)ncn2)c(OC)cc1N1CCC(N2CCOC(C)C2)CC1. The molecule has 3 saturated heterocycles. The fraction of sp³-hybridized carbons (Fsp3) is 0.441. The molecule has 0 aliphatic carbocycles. The van der Waals surface area contributed by atoms with Gasteiger partial charge in [-0.25, -0.2) is 15.0 Å². The molecule has 11 nitrogen and oxygen atoms in total. The predicted molar refractivity (Wildman–Crippen MR) is 186 cm³/mol. The van der Waals surface area contributed by atoms with Gasteiger partial charge in [-0.2, -0.15) is 0 Å². The van der Waals surface area contributed by atoms with Crippen molar-refractivity contribution < 1.29 is 19.1 Å². The van der Waals surface area contributed by atoms with Crippen LogP contribution in [0.3, 0.4) is 0 Å². The summed E-state index contributed by atoms with van der Waals surface area (Å²) in [7, 11) is 1.63. The lowest BCUT2D eigenvalue weighted by Gasteiger charge is -2.42. The van der Waals surface area contributed by atoms with Crippen molar-refractivity contribution in [1.29, 1.82) is 0 Å². The topological polar surface area (TPSA) is 104 Å². The van der Waals surface area contributed by atoms with Gasteiger partial charge in [0.2, 0.25) is 5.91 Å². The molecular weight excluding hydrogens is 641 g/mol. The second kappa shape index (κ2) is 15.1. The normalized spacial score (nSPS) is 20.7. The minimum Gasteiger partial charge on any atom is -0.494 e. The minimum atomic E-state index is -0.291. The molecule has 0 saturated carbocycles. The van der Waals surface area contributed by atoms with Crippen molar-refractivity contribution in [2.24, 2.45) is 0 Å². The first-order valence-corrected chi connectivity index (χ1v) is 16.8. The summed E-state index contributed by atoms with van der Waals surface area (Å²) in [4.78, 5) is 32.4. The first-order chi connectivity index (χ1) is 22.8. The van der Waals surface area contributed by atoms with Gasteiger partial charge >= 0.3 is 0 Å². The maximum absolute atomic E-state index is 12.5. The Morgan fingerprint density at radius 1 is 1.11 bits per heavy atom. The van der Waals surface area contributed by atoms with Crippen LogP contribution in [0, 0.1) is 0 Å². The van der Waals surface area contributed by atoms with Crippen molar-refractivity contribution in [3.63, 3.8) is 0 Å². The van der Waals surface area contributed by atoms with Gasteiger partial charge in [-0.3, -0.25) is 14.5 Å². The van der Waals surface area contributed by atoms with Crippen LogP contribution in [0.4, 0.5) is 28.7 Å². The molecule has 13 heteroatoms. The Kier molecular flexibility index (Phi) is 10.7. The Labute approximate surface area is 285 Å². The van der Waals surface area contributed by atoms with E-state index in [2.05, 4.69) is 43.9 Å². The molecule has 1 amide bonds. The van der Waals surface area contributed by atoms with E-state index in [1.54, 1.807) is 18.2 Å². The number of hydroxylamine groups is 1. The highest BCUT2D eigenvalue weighted by molar-refractivity contribution is 6.42. The van der Waals surface area contributed by atoms with Crippen LogP contribution in [0.25, 0.3) is 0 Å². The number of hydrogen-bond acceptors (Lipinski definition) is 10. The van der Waals surface area contributed by atoms with Crippen molar-refractivity contribution in [3.8, 4) is 5.75 Å². The van der Waals surface area contributed by atoms with Crippen molar-refractivity contribution >= 4 is 57.8 Å². The Morgan fingerprint density at radius 3 is 2.70 bits per heavy atom. The van der Waals surface area contributed by atoms with Crippen LogP contribution in [0.2, 0.25) is 10.0 Å². The summed E-state index contributed by atoms with van der Waals surface area (Å²) in [6.07, 6.45) is 6.52. The molecule has 2 atom stereocenters. The number of aromatic nitrogens is 2. The number of halogens is 2. The third-order valence-corrected chi connectivity index (χ3v) is 9.85. The number of carbonyl (C=O) groups is 1. The van der Waals surface area contributed by atoms with E-state index in [1.165, 1.54) is 12.4 Å². The number of piperidine rings is 1. The number of hydrogen-bond donors (Lipinski definition) is 2. The number of rotatable bonds is 10. The minimum absolute atomic E-state index is 0.0130. The molecule has 0 spiro atoms. The van der Waals surface area contributed by atoms with Gasteiger partial charge in [-0.1, -0.05) is 41.9 Å². The van der Waals surface area contributed by atoms with E-state index >= 15 is 0 Å². The molecule has 3 aliphatic rings.